The number of esters is 1. The number of thiazole rings is 1. The number of anilines is 1. The lowest BCUT2D eigenvalue weighted by atomic mass is 10.1. The van der Waals surface area contributed by atoms with E-state index < -0.39 is 21.9 Å². The van der Waals surface area contributed by atoms with Gasteiger partial charge in [0.1, 0.15) is 14.9 Å². The third-order valence-corrected chi connectivity index (χ3v) is 10.1. The van der Waals surface area contributed by atoms with Gasteiger partial charge in [-0.2, -0.15) is 0 Å². The van der Waals surface area contributed by atoms with Crippen molar-refractivity contribution in [3.8, 4) is 10.6 Å². The van der Waals surface area contributed by atoms with Gasteiger partial charge in [-0.15, -0.1) is 22.7 Å². The number of nitrogens with zero attached hydrogens (tertiary/aromatic N) is 2. The summed E-state index contributed by atoms with van der Waals surface area (Å²) < 4.78 is 33.2. The number of hydrogen-bond acceptors (Lipinski definition) is 8. The Morgan fingerprint density at radius 3 is 2.42 bits per heavy atom. The SMILES string of the molecule is CCCCN(C)S(=O)(=O)c1ccc(C(=O)Nc2sc(C(=O)OCC)c(C)c2-c2nc3ccccc3s2)cc1. The van der Waals surface area contributed by atoms with Crippen LogP contribution in [0.4, 0.5) is 5.00 Å². The van der Waals surface area contributed by atoms with Gasteiger partial charge in [-0.1, -0.05) is 25.5 Å². The standard InChI is InChI=1S/C27H29N3O5S3/c1-5-7-16-30(4)38(33,34)19-14-12-18(13-15-19)24(31)29-26-22(17(3)23(37-26)27(32)35-6-2)25-28-20-10-8-9-11-21(20)36-25/h8-15H,5-7,16H2,1-4H3,(H,29,31). The topological polar surface area (TPSA) is 106 Å². The highest BCUT2D eigenvalue weighted by Crippen LogP contribution is 2.43. The smallest absolute Gasteiger partial charge is 0.348 e. The molecule has 200 valence electrons. The van der Waals surface area contributed by atoms with Gasteiger partial charge >= 0.3 is 5.97 Å². The summed E-state index contributed by atoms with van der Waals surface area (Å²) in [5.41, 5.74) is 2.47. The number of rotatable bonds is 10. The summed E-state index contributed by atoms with van der Waals surface area (Å²) in [4.78, 5) is 31.1. The van der Waals surface area contributed by atoms with Gasteiger partial charge in [-0.3, -0.25) is 4.79 Å². The highest BCUT2D eigenvalue weighted by Gasteiger charge is 2.26. The maximum Gasteiger partial charge on any atom is 0.348 e. The predicted octanol–water partition coefficient (Wildman–Crippen LogP) is 6.18. The lowest BCUT2D eigenvalue weighted by Crippen LogP contribution is -2.28. The number of sulfonamides is 1. The Hall–Kier alpha value is -3.12. The van der Waals surface area contributed by atoms with E-state index in [0.717, 1.165) is 34.4 Å². The first-order chi connectivity index (χ1) is 18.2. The number of nitrogens with one attached hydrogen (secondary N) is 1. The van der Waals surface area contributed by atoms with Crippen molar-refractivity contribution in [1.82, 2.24) is 9.29 Å². The van der Waals surface area contributed by atoms with Gasteiger partial charge in [0.2, 0.25) is 10.0 Å². The number of para-hydroxylation sites is 1. The monoisotopic (exact) mass is 571 g/mol. The van der Waals surface area contributed by atoms with E-state index in [4.69, 9.17) is 9.72 Å². The van der Waals surface area contributed by atoms with Crippen molar-refractivity contribution < 1.29 is 22.7 Å². The minimum absolute atomic E-state index is 0.124. The van der Waals surface area contributed by atoms with E-state index in [9.17, 15) is 18.0 Å². The molecule has 0 aliphatic carbocycles. The third kappa shape index (κ3) is 5.65. The number of unbranched alkanes of at least 4 members (excludes halogenated alkanes) is 1. The minimum atomic E-state index is -3.64. The van der Waals surface area contributed by atoms with Crippen molar-refractivity contribution in [2.75, 3.05) is 25.5 Å². The Morgan fingerprint density at radius 1 is 1.05 bits per heavy atom. The molecule has 0 saturated carbocycles. The average molecular weight is 572 g/mol. The molecule has 4 aromatic rings. The summed E-state index contributed by atoms with van der Waals surface area (Å²) >= 11 is 2.61. The fourth-order valence-electron chi connectivity index (χ4n) is 3.86. The van der Waals surface area contributed by atoms with Crippen molar-refractivity contribution in [1.29, 1.82) is 0 Å². The third-order valence-electron chi connectivity index (χ3n) is 5.99. The van der Waals surface area contributed by atoms with Crippen LogP contribution in [-0.2, 0) is 14.8 Å². The van der Waals surface area contributed by atoms with Crippen LogP contribution in [0.2, 0.25) is 0 Å². The lowest BCUT2D eigenvalue weighted by molar-refractivity contribution is 0.0531. The zero-order chi connectivity index (χ0) is 27.4. The van der Waals surface area contributed by atoms with Crippen molar-refractivity contribution in [3.63, 3.8) is 0 Å². The Morgan fingerprint density at radius 2 is 1.76 bits per heavy atom. The first-order valence-electron chi connectivity index (χ1n) is 12.2. The molecule has 0 spiro atoms. The molecule has 1 N–H and O–H groups in total. The number of aromatic nitrogens is 1. The molecule has 2 heterocycles. The van der Waals surface area contributed by atoms with Crippen LogP contribution in [0, 0.1) is 6.92 Å². The molecule has 11 heteroatoms. The summed E-state index contributed by atoms with van der Waals surface area (Å²) in [7, 11) is -2.09. The Labute approximate surface area is 230 Å². The van der Waals surface area contributed by atoms with Crippen molar-refractivity contribution in [2.24, 2.45) is 0 Å². The number of fused-ring (bicyclic) bond motifs is 1. The van der Waals surface area contributed by atoms with Crippen LogP contribution >= 0.6 is 22.7 Å². The van der Waals surface area contributed by atoms with E-state index >= 15 is 0 Å². The van der Waals surface area contributed by atoms with Crippen LogP contribution in [0.1, 0.15) is 52.3 Å². The van der Waals surface area contributed by atoms with Gasteiger partial charge in [0.25, 0.3) is 5.91 Å². The molecular weight excluding hydrogens is 543 g/mol. The molecule has 0 unspecified atom stereocenters. The van der Waals surface area contributed by atoms with Crippen LogP contribution in [0.15, 0.2) is 53.4 Å². The summed E-state index contributed by atoms with van der Waals surface area (Å²) in [6.07, 6.45) is 1.65. The molecule has 0 fully saturated rings. The number of ether oxygens (including phenoxy) is 1. The number of benzene rings is 2. The zero-order valence-corrected chi connectivity index (χ0v) is 24.1. The highest BCUT2D eigenvalue weighted by molar-refractivity contribution is 7.89. The number of thiophene rings is 1. The Kier molecular flexibility index (Phi) is 8.61. The largest absolute Gasteiger partial charge is 0.462 e. The minimum Gasteiger partial charge on any atom is -0.462 e. The fourth-order valence-corrected chi connectivity index (χ4v) is 7.31. The van der Waals surface area contributed by atoms with Gasteiger partial charge in [0.05, 0.1) is 21.7 Å². The van der Waals surface area contributed by atoms with Crippen LogP contribution in [0.25, 0.3) is 20.8 Å². The van der Waals surface area contributed by atoms with E-state index in [2.05, 4.69) is 5.32 Å². The van der Waals surface area contributed by atoms with Gasteiger partial charge in [0, 0.05) is 24.7 Å². The molecule has 8 nitrogen and oxygen atoms in total. The van der Waals surface area contributed by atoms with Crippen molar-refractivity contribution in [3.05, 3.63) is 64.5 Å². The van der Waals surface area contributed by atoms with E-state index in [1.807, 2.05) is 38.1 Å². The number of carbonyl (C=O) groups excluding carboxylic acids is 2. The second kappa shape index (κ2) is 11.7. The van der Waals surface area contributed by atoms with Crippen LogP contribution in [0.5, 0.6) is 0 Å². The first-order valence-corrected chi connectivity index (χ1v) is 15.3. The van der Waals surface area contributed by atoms with Crippen molar-refractivity contribution >= 4 is 59.8 Å². The molecular formula is C27H29N3O5S3. The number of carbonyl (C=O) groups is 2. The van der Waals surface area contributed by atoms with E-state index in [1.54, 1.807) is 14.0 Å². The summed E-state index contributed by atoms with van der Waals surface area (Å²) in [5.74, 6) is -0.882. The van der Waals surface area contributed by atoms with Gasteiger partial charge in [-0.05, 0) is 62.2 Å². The molecule has 4 rings (SSSR count). The normalized spacial score (nSPS) is 11.7. The second-order valence-electron chi connectivity index (χ2n) is 8.63. The van der Waals surface area contributed by atoms with Crippen LogP contribution in [0.3, 0.4) is 0 Å². The molecule has 38 heavy (non-hydrogen) atoms. The predicted molar refractivity (Wildman–Crippen MR) is 153 cm³/mol. The quantitative estimate of drug-likeness (QED) is 0.228. The maximum atomic E-state index is 13.2. The van der Waals surface area contributed by atoms with Gasteiger partial charge < -0.3 is 10.1 Å². The molecule has 0 aliphatic heterocycles. The molecule has 2 aromatic carbocycles. The van der Waals surface area contributed by atoms with Crippen molar-refractivity contribution in [2.45, 2.75) is 38.5 Å². The maximum absolute atomic E-state index is 13.2. The first kappa shape index (κ1) is 27.9. The highest BCUT2D eigenvalue weighted by atomic mass is 32.2. The lowest BCUT2D eigenvalue weighted by Gasteiger charge is -2.17. The molecule has 2 aromatic heterocycles. The number of hydrogen-bond donors (Lipinski definition) is 1. The van der Waals surface area contributed by atoms with Gasteiger partial charge in [0.15, 0.2) is 0 Å². The molecule has 0 aliphatic rings. The van der Waals surface area contributed by atoms with Crippen LogP contribution in [-0.4, -0.2) is 49.8 Å². The average Bonchev–Trinajstić information content (AvgIpc) is 3.47. The summed E-state index contributed by atoms with van der Waals surface area (Å²) in [6, 6.07) is 13.6. The van der Waals surface area contributed by atoms with Crippen LogP contribution < -0.4 is 5.32 Å². The zero-order valence-electron chi connectivity index (χ0n) is 21.6. The summed E-state index contributed by atoms with van der Waals surface area (Å²) in [5, 5.41) is 4.08. The van der Waals surface area contributed by atoms with E-state index in [1.165, 1.54) is 39.9 Å². The Balaban J connectivity index is 1.66. The fraction of sp³-hybridized carbons (Fsp3) is 0.296. The molecule has 0 radical (unpaired) electrons. The molecule has 0 bridgehead atoms. The van der Waals surface area contributed by atoms with E-state index in [0.29, 0.717) is 38.1 Å². The molecule has 0 atom stereocenters. The summed E-state index contributed by atoms with van der Waals surface area (Å²) in [6.45, 7) is 6.21. The molecule has 0 saturated heterocycles. The number of amides is 1. The molecule has 1 amide bonds. The van der Waals surface area contributed by atoms with Gasteiger partial charge in [-0.25, -0.2) is 22.5 Å². The second-order valence-corrected chi connectivity index (χ2v) is 12.7. The van der Waals surface area contributed by atoms with E-state index in [-0.39, 0.29) is 11.5 Å². The Bertz CT molecular complexity index is 1540.